The van der Waals surface area contributed by atoms with Crippen LogP contribution in [0.15, 0.2) is 68.8 Å². The zero-order valence-electron chi connectivity index (χ0n) is 14.7. The van der Waals surface area contributed by atoms with Crippen molar-refractivity contribution in [1.29, 1.82) is 0 Å². The standard InChI is InChI=1S/C18H13BrN8O2/c19-13-8-4-5-11(9-13)10-21-23-18(28)14-15(12-6-2-1-3-7-12)27(26-22-14)17-16(20)24-29-25-17/h1-10H,(H2,20,24)(H,23,28). The van der Waals surface area contributed by atoms with E-state index in [0.29, 0.717) is 11.3 Å². The first-order valence-electron chi connectivity index (χ1n) is 8.32. The fourth-order valence-electron chi connectivity index (χ4n) is 2.58. The molecule has 2 aromatic carbocycles. The molecule has 0 aliphatic rings. The number of carbonyl (C=O) groups is 1. The van der Waals surface area contributed by atoms with Crippen LogP contribution in [-0.2, 0) is 0 Å². The minimum Gasteiger partial charge on any atom is -0.378 e. The summed E-state index contributed by atoms with van der Waals surface area (Å²) >= 11 is 3.38. The Labute approximate surface area is 172 Å². The van der Waals surface area contributed by atoms with Crippen molar-refractivity contribution in [1.82, 2.24) is 30.7 Å². The van der Waals surface area contributed by atoms with E-state index in [1.54, 1.807) is 12.1 Å². The fourth-order valence-corrected chi connectivity index (χ4v) is 3.00. The van der Waals surface area contributed by atoms with Gasteiger partial charge in [-0.1, -0.05) is 63.6 Å². The van der Waals surface area contributed by atoms with Gasteiger partial charge in [0, 0.05) is 10.0 Å². The normalized spacial score (nSPS) is 11.1. The average Bonchev–Trinajstić information content (AvgIpc) is 3.34. The van der Waals surface area contributed by atoms with E-state index in [-0.39, 0.29) is 17.3 Å². The number of nitrogen functional groups attached to an aromatic ring is 1. The van der Waals surface area contributed by atoms with Gasteiger partial charge in [0.05, 0.1) is 6.21 Å². The lowest BCUT2D eigenvalue weighted by Crippen LogP contribution is -2.19. The smallest absolute Gasteiger partial charge is 0.294 e. The highest BCUT2D eigenvalue weighted by Gasteiger charge is 2.24. The molecule has 10 nitrogen and oxygen atoms in total. The molecule has 0 unspecified atom stereocenters. The van der Waals surface area contributed by atoms with E-state index in [1.165, 1.54) is 10.9 Å². The molecule has 4 aromatic rings. The molecule has 0 aliphatic carbocycles. The predicted molar refractivity (Wildman–Crippen MR) is 108 cm³/mol. The molecule has 0 saturated heterocycles. The van der Waals surface area contributed by atoms with Crippen molar-refractivity contribution in [2.75, 3.05) is 5.73 Å². The van der Waals surface area contributed by atoms with Crippen molar-refractivity contribution in [3.8, 4) is 17.1 Å². The van der Waals surface area contributed by atoms with Gasteiger partial charge in [0.1, 0.15) is 5.69 Å². The van der Waals surface area contributed by atoms with Crippen LogP contribution in [0.2, 0.25) is 0 Å². The van der Waals surface area contributed by atoms with E-state index >= 15 is 0 Å². The maximum absolute atomic E-state index is 12.7. The molecule has 29 heavy (non-hydrogen) atoms. The number of hydrazone groups is 1. The first-order valence-corrected chi connectivity index (χ1v) is 9.11. The van der Waals surface area contributed by atoms with Gasteiger partial charge in [0.2, 0.25) is 11.6 Å². The summed E-state index contributed by atoms with van der Waals surface area (Å²) in [6.45, 7) is 0. The second-order valence-corrected chi connectivity index (χ2v) is 6.71. The molecule has 11 heteroatoms. The third-order valence-corrected chi connectivity index (χ3v) is 4.35. The molecule has 4 rings (SSSR count). The minimum absolute atomic E-state index is 0.0201. The number of benzene rings is 2. The van der Waals surface area contributed by atoms with Crippen LogP contribution < -0.4 is 11.2 Å². The number of hydrogen-bond acceptors (Lipinski definition) is 8. The molecule has 0 fully saturated rings. The summed E-state index contributed by atoms with van der Waals surface area (Å²) in [5.74, 6) is -0.392. The SMILES string of the molecule is Nc1nonc1-n1nnc(C(=O)NN=Cc2cccc(Br)c2)c1-c1ccccc1. The third-order valence-electron chi connectivity index (χ3n) is 3.86. The van der Waals surface area contributed by atoms with Crippen LogP contribution >= 0.6 is 15.9 Å². The van der Waals surface area contributed by atoms with Gasteiger partial charge in [-0.2, -0.15) is 9.78 Å². The largest absolute Gasteiger partial charge is 0.378 e. The zero-order valence-corrected chi connectivity index (χ0v) is 16.3. The van der Waals surface area contributed by atoms with E-state index < -0.39 is 5.91 Å². The van der Waals surface area contributed by atoms with Gasteiger partial charge >= 0.3 is 0 Å². The summed E-state index contributed by atoms with van der Waals surface area (Å²) in [5.41, 5.74) is 10.2. The van der Waals surface area contributed by atoms with Crippen LogP contribution in [0.1, 0.15) is 16.1 Å². The number of nitrogens with one attached hydrogen (secondary N) is 1. The predicted octanol–water partition coefficient (Wildman–Crippen LogP) is 2.43. The molecule has 0 saturated carbocycles. The summed E-state index contributed by atoms with van der Waals surface area (Å²) in [7, 11) is 0. The zero-order chi connectivity index (χ0) is 20.2. The molecular formula is C18H13BrN8O2. The topological polar surface area (TPSA) is 137 Å². The number of amides is 1. The Bertz CT molecular complexity index is 1190. The Morgan fingerprint density at radius 3 is 2.72 bits per heavy atom. The van der Waals surface area contributed by atoms with Crippen molar-refractivity contribution >= 4 is 33.9 Å². The van der Waals surface area contributed by atoms with E-state index in [4.69, 9.17) is 5.73 Å². The lowest BCUT2D eigenvalue weighted by Gasteiger charge is -2.05. The molecule has 0 spiro atoms. The molecule has 3 N–H and O–H groups in total. The second-order valence-electron chi connectivity index (χ2n) is 5.79. The molecule has 0 atom stereocenters. The van der Waals surface area contributed by atoms with Crippen LogP contribution in [0.4, 0.5) is 5.82 Å². The van der Waals surface area contributed by atoms with Gasteiger partial charge in [0.25, 0.3) is 5.91 Å². The van der Waals surface area contributed by atoms with Crippen molar-refractivity contribution < 1.29 is 9.42 Å². The quantitative estimate of drug-likeness (QED) is 0.350. The van der Waals surface area contributed by atoms with Crippen LogP contribution in [0.3, 0.4) is 0 Å². The van der Waals surface area contributed by atoms with Gasteiger partial charge < -0.3 is 5.73 Å². The number of anilines is 1. The monoisotopic (exact) mass is 452 g/mol. The molecule has 2 heterocycles. The van der Waals surface area contributed by atoms with Crippen molar-refractivity contribution in [3.63, 3.8) is 0 Å². The van der Waals surface area contributed by atoms with Gasteiger partial charge in [-0.15, -0.1) is 5.10 Å². The highest BCUT2D eigenvalue weighted by molar-refractivity contribution is 9.10. The Kier molecular flexibility index (Phi) is 5.12. The van der Waals surface area contributed by atoms with E-state index in [1.807, 2.05) is 42.5 Å². The molecule has 0 radical (unpaired) electrons. The number of rotatable bonds is 5. The first-order chi connectivity index (χ1) is 14.1. The van der Waals surface area contributed by atoms with Gasteiger partial charge in [-0.05, 0) is 28.0 Å². The number of hydrogen-bond donors (Lipinski definition) is 2. The average molecular weight is 453 g/mol. The summed E-state index contributed by atoms with van der Waals surface area (Å²) in [5, 5.41) is 19.3. The van der Waals surface area contributed by atoms with Crippen LogP contribution in [0.5, 0.6) is 0 Å². The highest BCUT2D eigenvalue weighted by atomic mass is 79.9. The Morgan fingerprint density at radius 2 is 2.00 bits per heavy atom. The highest BCUT2D eigenvalue weighted by Crippen LogP contribution is 2.26. The summed E-state index contributed by atoms with van der Waals surface area (Å²) in [6.07, 6.45) is 1.52. The number of carbonyl (C=O) groups excluding carboxylic acids is 1. The van der Waals surface area contributed by atoms with Crippen molar-refractivity contribution in [3.05, 3.63) is 70.3 Å². The fraction of sp³-hybridized carbons (Fsp3) is 0. The number of halogens is 1. The van der Waals surface area contributed by atoms with Crippen LogP contribution in [-0.4, -0.2) is 37.4 Å². The number of aromatic nitrogens is 5. The van der Waals surface area contributed by atoms with Crippen molar-refractivity contribution in [2.24, 2.45) is 5.10 Å². The van der Waals surface area contributed by atoms with Gasteiger partial charge in [-0.25, -0.2) is 10.1 Å². The maximum Gasteiger partial charge on any atom is 0.294 e. The molecular weight excluding hydrogens is 440 g/mol. The van der Waals surface area contributed by atoms with Crippen LogP contribution in [0.25, 0.3) is 17.1 Å². The van der Waals surface area contributed by atoms with Crippen molar-refractivity contribution in [2.45, 2.75) is 0 Å². The van der Waals surface area contributed by atoms with Gasteiger partial charge in [0.15, 0.2) is 5.69 Å². The summed E-state index contributed by atoms with van der Waals surface area (Å²) in [6, 6.07) is 16.6. The summed E-state index contributed by atoms with van der Waals surface area (Å²) < 4.78 is 6.85. The lowest BCUT2D eigenvalue weighted by molar-refractivity contribution is 0.0950. The minimum atomic E-state index is -0.545. The molecule has 2 aromatic heterocycles. The second kappa shape index (κ2) is 8.02. The lowest BCUT2D eigenvalue weighted by atomic mass is 10.1. The number of nitrogens with two attached hydrogens (primary N) is 1. The molecule has 1 amide bonds. The Balaban J connectivity index is 1.67. The first kappa shape index (κ1) is 18.5. The van der Waals surface area contributed by atoms with Crippen LogP contribution in [0, 0.1) is 0 Å². The maximum atomic E-state index is 12.7. The van der Waals surface area contributed by atoms with E-state index in [0.717, 1.165) is 10.0 Å². The number of nitrogens with zero attached hydrogens (tertiary/aromatic N) is 6. The molecule has 144 valence electrons. The third kappa shape index (κ3) is 3.89. The molecule has 0 aliphatic heterocycles. The van der Waals surface area contributed by atoms with E-state index in [9.17, 15) is 4.79 Å². The van der Waals surface area contributed by atoms with Gasteiger partial charge in [-0.3, -0.25) is 4.79 Å². The Hall–Kier alpha value is -3.86. The summed E-state index contributed by atoms with van der Waals surface area (Å²) in [4.78, 5) is 12.7. The molecule has 0 bridgehead atoms. The Morgan fingerprint density at radius 1 is 1.17 bits per heavy atom. The van der Waals surface area contributed by atoms with E-state index in [2.05, 4.69) is 51.7 Å².